The van der Waals surface area contributed by atoms with Crippen LogP contribution < -0.4 is 10.2 Å². The molecule has 3 amide bonds. The zero-order chi connectivity index (χ0) is 20.3. The highest BCUT2D eigenvalue weighted by Gasteiger charge is 2.78. The predicted octanol–water partition coefficient (Wildman–Crippen LogP) is 0.0950. The average Bonchev–Trinajstić information content (AvgIpc) is 3.42. The number of para-hydroxylation sites is 1. The number of carbonyl (C=O) groups is 3. The molecule has 154 valence electrons. The van der Waals surface area contributed by atoms with E-state index < -0.39 is 17.4 Å². The molecule has 3 saturated heterocycles. The van der Waals surface area contributed by atoms with E-state index in [1.165, 1.54) is 4.90 Å². The first kappa shape index (κ1) is 18.8. The van der Waals surface area contributed by atoms with E-state index in [-0.39, 0.29) is 23.8 Å². The Hall–Kier alpha value is -2.25. The molecule has 5 rings (SSSR count). The summed E-state index contributed by atoms with van der Waals surface area (Å²) in [6.45, 7) is 3.75. The summed E-state index contributed by atoms with van der Waals surface area (Å²) in [7, 11) is 1.61. The molecule has 1 aromatic rings. The lowest BCUT2D eigenvalue weighted by Gasteiger charge is -2.33. The van der Waals surface area contributed by atoms with Crippen LogP contribution in [-0.2, 0) is 31.1 Å². The summed E-state index contributed by atoms with van der Waals surface area (Å²) in [5.41, 5.74) is 1.88. The Morgan fingerprint density at radius 1 is 1.28 bits per heavy atom. The highest BCUT2D eigenvalue weighted by molar-refractivity contribution is 6.14. The van der Waals surface area contributed by atoms with Gasteiger partial charge in [-0.25, -0.2) is 0 Å². The number of carbonyl (C=O) groups excluding carboxylic acids is 3. The Labute approximate surface area is 170 Å². The Morgan fingerprint density at radius 3 is 2.86 bits per heavy atom. The number of likely N-dealkylation sites (tertiary alicyclic amines) is 1. The maximum atomic E-state index is 13.6. The zero-order valence-electron chi connectivity index (χ0n) is 17.0. The molecule has 2 N–H and O–H groups in total. The number of nitrogens with zero attached hydrogens (tertiary/aromatic N) is 1. The van der Waals surface area contributed by atoms with Crippen molar-refractivity contribution in [3.05, 3.63) is 29.3 Å². The molecule has 29 heavy (non-hydrogen) atoms. The third kappa shape index (κ3) is 2.23. The first-order valence-corrected chi connectivity index (χ1v) is 10.7. The van der Waals surface area contributed by atoms with Gasteiger partial charge in [-0.3, -0.25) is 19.3 Å². The van der Waals surface area contributed by atoms with E-state index in [4.69, 9.17) is 4.74 Å². The minimum Gasteiger partial charge on any atom is -0.385 e. The van der Waals surface area contributed by atoms with Crippen molar-refractivity contribution >= 4 is 23.4 Å². The van der Waals surface area contributed by atoms with E-state index >= 15 is 0 Å². The Bertz CT molecular complexity index is 900. The van der Waals surface area contributed by atoms with Crippen LogP contribution in [0.15, 0.2) is 18.2 Å². The van der Waals surface area contributed by atoms with Crippen LogP contribution in [0.3, 0.4) is 0 Å². The predicted molar refractivity (Wildman–Crippen MR) is 105 cm³/mol. The molecule has 3 fully saturated rings. The van der Waals surface area contributed by atoms with Gasteiger partial charge < -0.3 is 15.0 Å². The van der Waals surface area contributed by atoms with Crippen LogP contribution in [0.1, 0.15) is 37.3 Å². The van der Waals surface area contributed by atoms with Crippen molar-refractivity contribution < 1.29 is 24.0 Å². The first-order valence-electron chi connectivity index (χ1n) is 10.7. The maximum Gasteiger partial charge on any atom is 0.291 e. The van der Waals surface area contributed by atoms with E-state index in [9.17, 15) is 14.4 Å². The maximum absolute atomic E-state index is 13.6. The Balaban J connectivity index is 1.64. The lowest BCUT2D eigenvalue weighted by atomic mass is 9.75. The largest absolute Gasteiger partial charge is 0.385 e. The Morgan fingerprint density at radius 2 is 2.10 bits per heavy atom. The Kier molecular flexibility index (Phi) is 4.29. The molecule has 0 aliphatic carbocycles. The summed E-state index contributed by atoms with van der Waals surface area (Å²) in [5, 5.41) is 3.12. The minimum absolute atomic E-state index is 0.0332. The summed E-state index contributed by atoms with van der Waals surface area (Å²) in [4.78, 5) is 43.0. The van der Waals surface area contributed by atoms with Crippen LogP contribution in [0.4, 0.5) is 5.69 Å². The van der Waals surface area contributed by atoms with Crippen LogP contribution in [-0.4, -0.2) is 55.5 Å². The molecule has 0 bridgehead atoms. The van der Waals surface area contributed by atoms with Gasteiger partial charge >= 0.3 is 0 Å². The lowest BCUT2D eigenvalue weighted by molar-refractivity contribution is -0.948. The molecule has 5 atom stereocenters. The third-order valence-electron chi connectivity index (χ3n) is 7.54. The number of methoxy groups -OCH3 is 1. The van der Waals surface area contributed by atoms with E-state index in [1.807, 2.05) is 18.2 Å². The molecule has 0 radical (unpaired) electrons. The van der Waals surface area contributed by atoms with Gasteiger partial charge in [-0.15, -0.1) is 0 Å². The molecule has 1 unspecified atom stereocenters. The molecule has 1 aromatic carbocycles. The lowest BCUT2D eigenvalue weighted by Crippen LogP contribution is -3.19. The SMILES string of the molecule is CCc1cccc2c1NC(=O)[C@]21[C@@H]2C(=O)N(CCCOC)C(=O)[C@@H]2[C@H]2CCC[NH+]21. The number of nitrogens with one attached hydrogen (secondary N) is 2. The van der Waals surface area contributed by atoms with Crippen LogP contribution in [0.25, 0.3) is 0 Å². The van der Waals surface area contributed by atoms with Crippen LogP contribution >= 0.6 is 0 Å². The number of fused-ring (bicyclic) bond motifs is 7. The second-order valence-electron chi connectivity index (χ2n) is 8.66. The molecule has 1 spiro atoms. The van der Waals surface area contributed by atoms with Gasteiger partial charge in [0.25, 0.3) is 5.91 Å². The highest BCUT2D eigenvalue weighted by atomic mass is 16.5. The van der Waals surface area contributed by atoms with Crippen LogP contribution in [0, 0.1) is 11.8 Å². The molecule has 0 aromatic heterocycles. The number of hydrogen-bond acceptors (Lipinski definition) is 4. The fourth-order valence-electron chi connectivity index (χ4n) is 6.49. The molecule has 4 aliphatic heterocycles. The number of hydrogen-bond donors (Lipinski definition) is 2. The van der Waals surface area contributed by atoms with Crippen molar-refractivity contribution in [3.63, 3.8) is 0 Å². The van der Waals surface area contributed by atoms with Gasteiger partial charge in [-0.05, 0) is 18.4 Å². The van der Waals surface area contributed by atoms with Gasteiger partial charge in [0.05, 0.1) is 12.2 Å². The number of amides is 3. The number of ether oxygens (including phenoxy) is 1. The normalized spacial score (nSPS) is 34.7. The van der Waals surface area contributed by atoms with E-state index in [1.54, 1.807) is 7.11 Å². The number of aryl methyl sites for hydroxylation is 1. The van der Waals surface area contributed by atoms with Crippen molar-refractivity contribution in [2.24, 2.45) is 11.8 Å². The molecule has 7 nitrogen and oxygen atoms in total. The average molecular weight is 398 g/mol. The van der Waals surface area contributed by atoms with Crippen LogP contribution in [0.5, 0.6) is 0 Å². The van der Waals surface area contributed by atoms with Gasteiger partial charge in [-0.1, -0.05) is 25.1 Å². The van der Waals surface area contributed by atoms with Crippen molar-refractivity contribution in [1.29, 1.82) is 0 Å². The van der Waals surface area contributed by atoms with E-state index in [0.717, 1.165) is 47.5 Å². The monoisotopic (exact) mass is 398 g/mol. The van der Waals surface area contributed by atoms with E-state index in [2.05, 4.69) is 12.2 Å². The third-order valence-corrected chi connectivity index (χ3v) is 7.54. The van der Waals surface area contributed by atoms with Gasteiger partial charge in [-0.2, -0.15) is 0 Å². The summed E-state index contributed by atoms with van der Waals surface area (Å²) < 4.78 is 5.10. The number of rotatable bonds is 5. The molecule has 0 saturated carbocycles. The summed E-state index contributed by atoms with van der Waals surface area (Å²) in [6.07, 6.45) is 3.29. The number of benzene rings is 1. The van der Waals surface area contributed by atoms with E-state index in [0.29, 0.717) is 19.6 Å². The molecule has 4 aliphatic rings. The van der Waals surface area contributed by atoms with Crippen LogP contribution in [0.2, 0.25) is 0 Å². The smallest absolute Gasteiger partial charge is 0.291 e. The molecular formula is C22H28N3O4+. The van der Waals surface area contributed by atoms with Crippen molar-refractivity contribution in [3.8, 4) is 0 Å². The fourth-order valence-corrected chi connectivity index (χ4v) is 6.49. The molecular weight excluding hydrogens is 370 g/mol. The second kappa shape index (κ2) is 6.64. The highest BCUT2D eigenvalue weighted by Crippen LogP contribution is 2.52. The van der Waals surface area contributed by atoms with Crippen molar-refractivity contribution in [1.82, 2.24) is 4.90 Å². The first-order chi connectivity index (χ1) is 14.1. The number of imide groups is 1. The fraction of sp³-hybridized carbons (Fsp3) is 0.591. The molecule has 7 heteroatoms. The zero-order valence-corrected chi connectivity index (χ0v) is 17.0. The van der Waals surface area contributed by atoms with Gasteiger partial charge in [0.1, 0.15) is 17.9 Å². The van der Waals surface area contributed by atoms with Gasteiger partial charge in [0, 0.05) is 38.7 Å². The van der Waals surface area contributed by atoms with Gasteiger partial charge in [0.15, 0.2) is 0 Å². The number of quaternary nitrogens is 1. The summed E-state index contributed by atoms with van der Waals surface area (Å²) in [5.74, 6) is -1.38. The summed E-state index contributed by atoms with van der Waals surface area (Å²) >= 11 is 0. The molecule has 4 heterocycles. The van der Waals surface area contributed by atoms with Crippen molar-refractivity contribution in [2.45, 2.75) is 44.2 Å². The van der Waals surface area contributed by atoms with Gasteiger partial charge in [0.2, 0.25) is 17.4 Å². The minimum atomic E-state index is -0.977. The second-order valence-corrected chi connectivity index (χ2v) is 8.66. The van der Waals surface area contributed by atoms with Crippen molar-refractivity contribution in [2.75, 3.05) is 32.1 Å². The summed E-state index contributed by atoms with van der Waals surface area (Å²) in [6, 6.07) is 6.03. The standard InChI is InChI=1S/C22H27N3O4/c1-3-13-7-4-8-14-18(13)23-21(28)22(14)17-16(15-9-5-11-25(15)22)19(26)24(20(17)27)10-6-12-29-2/h4,7-8,15-17H,3,5-6,9-12H2,1-2H3,(H,23,28)/p+1/t15-,16-,17+,22-/m1/s1. The topological polar surface area (TPSA) is 80.2 Å². The quantitative estimate of drug-likeness (QED) is 0.545. The number of anilines is 1.